The van der Waals surface area contributed by atoms with Gasteiger partial charge in [0.15, 0.2) is 0 Å². The van der Waals surface area contributed by atoms with E-state index in [1.54, 1.807) is 0 Å². The highest BCUT2D eigenvalue weighted by molar-refractivity contribution is 5.74. The van der Waals surface area contributed by atoms with Crippen LogP contribution in [-0.4, -0.2) is 42.4 Å². The summed E-state index contributed by atoms with van der Waals surface area (Å²) in [6.07, 6.45) is 5.44. The largest absolute Gasteiger partial charge is 0.493 e. The SMILES string of the molecule is Cc1c(OCCCN2CC[C@@H](O)C2)cccc1-c1cccc2c1CCC2. The van der Waals surface area contributed by atoms with Crippen LogP contribution in [-0.2, 0) is 12.8 Å². The summed E-state index contributed by atoms with van der Waals surface area (Å²) in [4.78, 5) is 2.32. The van der Waals surface area contributed by atoms with Gasteiger partial charge in [0, 0.05) is 19.6 Å². The van der Waals surface area contributed by atoms with Crippen molar-refractivity contribution in [3.63, 3.8) is 0 Å². The average Bonchev–Trinajstić information content (AvgIpc) is 3.28. The molecule has 138 valence electrons. The molecule has 1 heterocycles. The van der Waals surface area contributed by atoms with Crippen LogP contribution in [0.5, 0.6) is 5.75 Å². The van der Waals surface area contributed by atoms with Crippen molar-refractivity contribution in [2.75, 3.05) is 26.2 Å². The summed E-state index contributed by atoms with van der Waals surface area (Å²) in [7, 11) is 0. The zero-order chi connectivity index (χ0) is 17.9. The number of hydrogen-bond acceptors (Lipinski definition) is 3. The second kappa shape index (κ2) is 7.81. The Labute approximate surface area is 156 Å². The molecule has 26 heavy (non-hydrogen) atoms. The van der Waals surface area contributed by atoms with Gasteiger partial charge in [-0.3, -0.25) is 0 Å². The normalized spacial score (nSPS) is 19.7. The van der Waals surface area contributed by atoms with E-state index in [0.29, 0.717) is 0 Å². The summed E-state index contributed by atoms with van der Waals surface area (Å²) in [6.45, 7) is 5.73. The van der Waals surface area contributed by atoms with Crippen LogP contribution in [0.3, 0.4) is 0 Å². The summed E-state index contributed by atoms with van der Waals surface area (Å²) < 4.78 is 6.12. The Morgan fingerprint density at radius 3 is 2.81 bits per heavy atom. The second-order valence-electron chi connectivity index (χ2n) is 7.67. The van der Waals surface area contributed by atoms with Crippen LogP contribution in [0.1, 0.15) is 36.0 Å². The fraction of sp³-hybridized carbons (Fsp3) is 0.478. The van der Waals surface area contributed by atoms with E-state index in [1.165, 1.54) is 47.1 Å². The van der Waals surface area contributed by atoms with Crippen molar-refractivity contribution >= 4 is 0 Å². The topological polar surface area (TPSA) is 32.7 Å². The molecule has 1 fully saturated rings. The summed E-state index contributed by atoms with van der Waals surface area (Å²) in [6, 6.07) is 13.1. The first kappa shape index (κ1) is 17.6. The van der Waals surface area contributed by atoms with Crippen molar-refractivity contribution in [3.8, 4) is 16.9 Å². The van der Waals surface area contributed by atoms with Gasteiger partial charge in [-0.1, -0.05) is 30.3 Å². The molecule has 2 aliphatic rings. The predicted molar refractivity (Wildman–Crippen MR) is 106 cm³/mol. The lowest BCUT2D eigenvalue weighted by atomic mass is 9.93. The van der Waals surface area contributed by atoms with Crippen molar-refractivity contribution in [3.05, 3.63) is 53.1 Å². The van der Waals surface area contributed by atoms with E-state index in [9.17, 15) is 5.11 Å². The van der Waals surface area contributed by atoms with Gasteiger partial charge in [0.05, 0.1) is 12.7 Å². The third-order valence-corrected chi connectivity index (χ3v) is 5.84. The number of nitrogens with zero attached hydrogens (tertiary/aromatic N) is 1. The molecular formula is C23H29NO2. The van der Waals surface area contributed by atoms with Gasteiger partial charge in [-0.25, -0.2) is 0 Å². The molecule has 0 aromatic heterocycles. The minimum atomic E-state index is -0.137. The molecular weight excluding hydrogens is 322 g/mol. The zero-order valence-electron chi connectivity index (χ0n) is 15.7. The molecule has 1 atom stereocenters. The molecule has 2 aromatic rings. The Balaban J connectivity index is 1.42. The fourth-order valence-electron chi connectivity index (χ4n) is 4.42. The zero-order valence-corrected chi connectivity index (χ0v) is 15.7. The van der Waals surface area contributed by atoms with Crippen molar-refractivity contribution in [1.82, 2.24) is 4.90 Å². The maximum absolute atomic E-state index is 9.60. The molecule has 0 saturated carbocycles. The number of likely N-dealkylation sites (tertiary alicyclic amines) is 1. The number of benzene rings is 2. The molecule has 0 amide bonds. The molecule has 1 saturated heterocycles. The maximum Gasteiger partial charge on any atom is 0.122 e. The van der Waals surface area contributed by atoms with Gasteiger partial charge in [-0.2, -0.15) is 0 Å². The number of hydrogen-bond donors (Lipinski definition) is 1. The average molecular weight is 351 g/mol. The van der Waals surface area contributed by atoms with Crippen LogP contribution in [0.25, 0.3) is 11.1 Å². The third kappa shape index (κ3) is 3.65. The Kier molecular flexibility index (Phi) is 5.28. The molecule has 1 N–H and O–H groups in total. The number of rotatable bonds is 6. The lowest BCUT2D eigenvalue weighted by Gasteiger charge is -2.17. The first-order valence-corrected chi connectivity index (χ1v) is 9.96. The summed E-state index contributed by atoms with van der Waals surface area (Å²) >= 11 is 0. The summed E-state index contributed by atoms with van der Waals surface area (Å²) in [5, 5.41) is 9.60. The van der Waals surface area contributed by atoms with E-state index in [1.807, 2.05) is 0 Å². The van der Waals surface area contributed by atoms with Gasteiger partial charge < -0.3 is 14.7 Å². The van der Waals surface area contributed by atoms with Gasteiger partial charge in [-0.15, -0.1) is 0 Å². The van der Waals surface area contributed by atoms with Gasteiger partial charge in [0.25, 0.3) is 0 Å². The van der Waals surface area contributed by atoms with E-state index in [-0.39, 0.29) is 6.10 Å². The van der Waals surface area contributed by atoms with E-state index < -0.39 is 0 Å². The first-order chi connectivity index (χ1) is 12.7. The number of ether oxygens (including phenoxy) is 1. The van der Waals surface area contributed by atoms with Gasteiger partial charge >= 0.3 is 0 Å². The highest BCUT2D eigenvalue weighted by atomic mass is 16.5. The number of aryl methyl sites for hydroxylation is 1. The maximum atomic E-state index is 9.60. The van der Waals surface area contributed by atoms with Gasteiger partial charge in [0.1, 0.15) is 5.75 Å². The van der Waals surface area contributed by atoms with Crippen LogP contribution < -0.4 is 4.74 Å². The molecule has 0 unspecified atom stereocenters. The van der Waals surface area contributed by atoms with Crippen LogP contribution in [0.4, 0.5) is 0 Å². The minimum absolute atomic E-state index is 0.137. The van der Waals surface area contributed by atoms with Crippen LogP contribution in [0.2, 0.25) is 0 Å². The Morgan fingerprint density at radius 1 is 1.12 bits per heavy atom. The predicted octanol–water partition coefficient (Wildman–Crippen LogP) is 3.99. The standard InChI is InChI=1S/C23H29NO2/c1-17-20(22-10-3-7-18-6-2-9-21(18)22)8-4-11-23(17)26-15-5-13-24-14-12-19(25)16-24/h3-4,7-8,10-11,19,25H,2,5-6,9,12-16H2,1H3/t19-/m1/s1. The fourth-order valence-corrected chi connectivity index (χ4v) is 4.42. The number of aliphatic hydroxyl groups excluding tert-OH is 1. The molecule has 3 nitrogen and oxygen atoms in total. The van der Waals surface area contributed by atoms with E-state index in [0.717, 1.165) is 44.8 Å². The molecule has 4 rings (SSSR count). The number of fused-ring (bicyclic) bond motifs is 1. The lowest BCUT2D eigenvalue weighted by Crippen LogP contribution is -2.24. The first-order valence-electron chi connectivity index (χ1n) is 9.96. The van der Waals surface area contributed by atoms with E-state index in [2.05, 4.69) is 48.2 Å². The highest BCUT2D eigenvalue weighted by Crippen LogP contribution is 2.36. The number of β-amino-alcohol motifs (C(OH)–C–C–N with tert-alkyl or cyclic N) is 1. The summed E-state index contributed by atoms with van der Waals surface area (Å²) in [5.41, 5.74) is 6.98. The van der Waals surface area contributed by atoms with E-state index >= 15 is 0 Å². The van der Waals surface area contributed by atoms with E-state index in [4.69, 9.17) is 4.74 Å². The molecule has 2 aromatic carbocycles. The van der Waals surface area contributed by atoms with Crippen LogP contribution >= 0.6 is 0 Å². The highest BCUT2D eigenvalue weighted by Gasteiger charge is 2.20. The Bertz CT molecular complexity index is 771. The second-order valence-corrected chi connectivity index (χ2v) is 7.67. The Morgan fingerprint density at radius 2 is 1.96 bits per heavy atom. The quantitative estimate of drug-likeness (QED) is 0.799. The summed E-state index contributed by atoms with van der Waals surface area (Å²) in [5.74, 6) is 1.000. The van der Waals surface area contributed by atoms with Crippen LogP contribution in [0.15, 0.2) is 36.4 Å². The lowest BCUT2D eigenvalue weighted by molar-refractivity contribution is 0.173. The van der Waals surface area contributed by atoms with Gasteiger partial charge in [-0.05, 0) is 72.9 Å². The van der Waals surface area contributed by atoms with Crippen molar-refractivity contribution in [1.29, 1.82) is 0 Å². The molecule has 1 aliphatic heterocycles. The minimum Gasteiger partial charge on any atom is -0.493 e. The van der Waals surface area contributed by atoms with Crippen molar-refractivity contribution in [2.24, 2.45) is 0 Å². The van der Waals surface area contributed by atoms with Crippen molar-refractivity contribution < 1.29 is 9.84 Å². The monoisotopic (exact) mass is 351 g/mol. The molecule has 0 bridgehead atoms. The van der Waals surface area contributed by atoms with Crippen molar-refractivity contribution in [2.45, 2.75) is 45.1 Å². The van der Waals surface area contributed by atoms with Gasteiger partial charge in [0.2, 0.25) is 0 Å². The molecule has 0 radical (unpaired) electrons. The number of aliphatic hydroxyl groups is 1. The molecule has 1 aliphatic carbocycles. The molecule has 3 heteroatoms. The Hall–Kier alpha value is -1.84. The third-order valence-electron chi connectivity index (χ3n) is 5.84. The van der Waals surface area contributed by atoms with Crippen LogP contribution in [0, 0.1) is 6.92 Å². The smallest absolute Gasteiger partial charge is 0.122 e. The molecule has 0 spiro atoms.